The highest BCUT2D eigenvalue weighted by Gasteiger charge is 2.52. The molecule has 4 saturated carbocycles. The zero-order chi connectivity index (χ0) is 16.0. The first-order valence-electron chi connectivity index (χ1n) is 8.52. The summed E-state index contributed by atoms with van der Waals surface area (Å²) in [5.74, 6) is 0.999. The van der Waals surface area contributed by atoms with E-state index >= 15 is 0 Å². The van der Waals surface area contributed by atoms with Crippen molar-refractivity contribution in [2.45, 2.75) is 50.9 Å². The van der Waals surface area contributed by atoms with Gasteiger partial charge in [0, 0.05) is 10.8 Å². The number of nitrogens with zero attached hydrogens (tertiary/aromatic N) is 1. The summed E-state index contributed by atoms with van der Waals surface area (Å²) < 4.78 is 4.71. The van der Waals surface area contributed by atoms with E-state index in [9.17, 15) is 9.59 Å². The molecular weight excluding hydrogens is 312 g/mol. The number of esters is 1. The number of amides is 1. The lowest BCUT2D eigenvalue weighted by Crippen LogP contribution is -2.48. The van der Waals surface area contributed by atoms with Gasteiger partial charge in [-0.25, -0.2) is 9.78 Å². The highest BCUT2D eigenvalue weighted by Crippen LogP contribution is 2.60. The third-order valence-electron chi connectivity index (χ3n) is 5.77. The first-order valence-corrected chi connectivity index (χ1v) is 9.40. The van der Waals surface area contributed by atoms with Crippen LogP contribution < -0.4 is 5.32 Å². The molecule has 4 fully saturated rings. The molecule has 0 spiro atoms. The Morgan fingerprint density at radius 1 is 1.26 bits per heavy atom. The molecule has 124 valence electrons. The van der Waals surface area contributed by atoms with Gasteiger partial charge < -0.3 is 4.74 Å². The highest BCUT2D eigenvalue weighted by molar-refractivity contribution is 7.14. The van der Waals surface area contributed by atoms with E-state index < -0.39 is 11.9 Å². The first kappa shape index (κ1) is 15.1. The van der Waals surface area contributed by atoms with Gasteiger partial charge in [-0.15, -0.1) is 11.3 Å². The molecule has 0 aliphatic heterocycles. The molecule has 1 N–H and O–H groups in total. The second-order valence-corrected chi connectivity index (χ2v) is 8.27. The number of hydrogen-bond acceptors (Lipinski definition) is 5. The molecule has 6 heteroatoms. The van der Waals surface area contributed by atoms with Crippen molar-refractivity contribution in [3.8, 4) is 0 Å². The van der Waals surface area contributed by atoms with Crippen LogP contribution in [0, 0.1) is 17.8 Å². The van der Waals surface area contributed by atoms with Crippen LogP contribution in [0.3, 0.4) is 0 Å². The molecule has 4 bridgehead atoms. The lowest BCUT2D eigenvalue weighted by atomic mass is 9.49. The van der Waals surface area contributed by atoms with Crippen LogP contribution in [0.25, 0.3) is 0 Å². The molecule has 1 aromatic rings. The van der Waals surface area contributed by atoms with Crippen molar-refractivity contribution in [3.05, 3.63) is 11.1 Å². The van der Waals surface area contributed by atoms with E-state index in [-0.39, 0.29) is 12.0 Å². The molecule has 1 heterocycles. The van der Waals surface area contributed by atoms with E-state index in [4.69, 9.17) is 4.74 Å². The summed E-state index contributed by atoms with van der Waals surface area (Å²) in [6.45, 7) is 1.88. The normalized spacial score (nSPS) is 34.4. The molecule has 1 aromatic heterocycles. The van der Waals surface area contributed by atoms with Gasteiger partial charge in [0.15, 0.2) is 5.13 Å². The molecule has 23 heavy (non-hydrogen) atoms. The number of anilines is 1. The molecular formula is C17H22N2O3S. The Morgan fingerprint density at radius 2 is 1.87 bits per heavy atom. The van der Waals surface area contributed by atoms with Crippen molar-refractivity contribution in [3.63, 3.8) is 0 Å². The molecule has 4 aliphatic carbocycles. The molecule has 4 aliphatic rings. The standard InChI is InChI=1S/C17H22N2O3S/c1-2-22-15(21)14(20)19-16-18-13(9-23-16)17-6-10-3-11(7-17)5-12(4-10)8-17/h9-12H,2-8H2,1H3,(H,18,19,20). The number of aromatic nitrogens is 1. The van der Waals surface area contributed by atoms with Crippen LogP contribution in [0.4, 0.5) is 5.13 Å². The minimum Gasteiger partial charge on any atom is -0.459 e. The molecule has 1 amide bonds. The Morgan fingerprint density at radius 3 is 2.43 bits per heavy atom. The maximum absolute atomic E-state index is 11.7. The third-order valence-corrected chi connectivity index (χ3v) is 6.52. The zero-order valence-corrected chi connectivity index (χ0v) is 14.2. The topological polar surface area (TPSA) is 68.3 Å². The van der Waals surface area contributed by atoms with Crippen LogP contribution >= 0.6 is 11.3 Å². The number of hydrogen-bond donors (Lipinski definition) is 1. The number of carbonyl (C=O) groups excluding carboxylic acids is 2. The monoisotopic (exact) mass is 334 g/mol. The minimum atomic E-state index is -0.848. The summed E-state index contributed by atoms with van der Waals surface area (Å²) in [6.07, 6.45) is 7.93. The van der Waals surface area contributed by atoms with Crippen molar-refractivity contribution in [2.75, 3.05) is 11.9 Å². The Kier molecular flexibility index (Phi) is 3.67. The predicted octanol–water partition coefficient (Wildman–Crippen LogP) is 3.11. The van der Waals surface area contributed by atoms with Crippen LogP contribution in [0.1, 0.15) is 51.1 Å². The molecule has 0 unspecified atom stereocenters. The van der Waals surface area contributed by atoms with E-state index in [0.717, 1.165) is 23.4 Å². The Bertz CT molecular complexity index is 604. The SMILES string of the molecule is CCOC(=O)C(=O)Nc1nc(C23CC4CC(CC(C4)C2)C3)cs1. The van der Waals surface area contributed by atoms with Crippen molar-refractivity contribution < 1.29 is 14.3 Å². The molecule has 0 saturated heterocycles. The van der Waals surface area contributed by atoms with Gasteiger partial charge in [-0.3, -0.25) is 10.1 Å². The number of carbonyl (C=O) groups is 2. The van der Waals surface area contributed by atoms with Crippen LogP contribution in [0.15, 0.2) is 5.38 Å². The fourth-order valence-corrected chi connectivity index (χ4v) is 6.17. The van der Waals surface area contributed by atoms with Gasteiger partial charge in [-0.05, 0) is 63.2 Å². The van der Waals surface area contributed by atoms with Crippen molar-refractivity contribution >= 4 is 28.3 Å². The van der Waals surface area contributed by atoms with Crippen molar-refractivity contribution in [1.82, 2.24) is 4.98 Å². The highest BCUT2D eigenvalue weighted by atomic mass is 32.1. The van der Waals surface area contributed by atoms with E-state index in [1.807, 2.05) is 0 Å². The summed E-state index contributed by atoms with van der Waals surface area (Å²) in [5, 5.41) is 5.16. The summed E-state index contributed by atoms with van der Waals surface area (Å²) in [4.78, 5) is 27.8. The van der Waals surface area contributed by atoms with E-state index in [1.54, 1.807) is 6.92 Å². The van der Waals surface area contributed by atoms with Gasteiger partial charge in [0.05, 0.1) is 12.3 Å². The lowest BCUT2D eigenvalue weighted by Gasteiger charge is -2.56. The van der Waals surface area contributed by atoms with E-state index in [0.29, 0.717) is 5.13 Å². The maximum atomic E-state index is 11.7. The molecule has 5 rings (SSSR count). The average Bonchev–Trinajstić information content (AvgIpc) is 2.95. The van der Waals surface area contributed by atoms with E-state index in [2.05, 4.69) is 15.7 Å². The van der Waals surface area contributed by atoms with Crippen LogP contribution in [-0.2, 0) is 19.7 Å². The summed E-state index contributed by atoms with van der Waals surface area (Å²) in [6, 6.07) is 0. The van der Waals surface area contributed by atoms with Crippen molar-refractivity contribution in [1.29, 1.82) is 0 Å². The average molecular weight is 334 g/mol. The smallest absolute Gasteiger partial charge is 0.397 e. The van der Waals surface area contributed by atoms with Crippen LogP contribution in [0.2, 0.25) is 0 Å². The van der Waals surface area contributed by atoms with Gasteiger partial charge in [0.1, 0.15) is 0 Å². The summed E-state index contributed by atoms with van der Waals surface area (Å²) in [5.41, 5.74) is 1.35. The van der Waals surface area contributed by atoms with Gasteiger partial charge in [0.25, 0.3) is 0 Å². The lowest BCUT2D eigenvalue weighted by molar-refractivity contribution is -0.152. The van der Waals surface area contributed by atoms with E-state index in [1.165, 1.54) is 49.9 Å². The quantitative estimate of drug-likeness (QED) is 0.681. The van der Waals surface area contributed by atoms with Gasteiger partial charge >= 0.3 is 11.9 Å². The number of nitrogens with one attached hydrogen (secondary N) is 1. The molecule has 0 radical (unpaired) electrons. The number of rotatable bonds is 3. The molecule has 5 nitrogen and oxygen atoms in total. The fraction of sp³-hybridized carbons (Fsp3) is 0.706. The number of thiazole rings is 1. The second-order valence-electron chi connectivity index (χ2n) is 7.41. The second kappa shape index (κ2) is 5.58. The minimum absolute atomic E-state index is 0.197. The summed E-state index contributed by atoms with van der Waals surface area (Å²) >= 11 is 1.41. The largest absolute Gasteiger partial charge is 0.459 e. The van der Waals surface area contributed by atoms with Gasteiger partial charge in [-0.1, -0.05) is 0 Å². The van der Waals surface area contributed by atoms with Crippen LogP contribution in [-0.4, -0.2) is 23.5 Å². The zero-order valence-electron chi connectivity index (χ0n) is 13.3. The Balaban J connectivity index is 1.50. The van der Waals surface area contributed by atoms with Gasteiger partial charge in [0.2, 0.25) is 0 Å². The fourth-order valence-electron chi connectivity index (χ4n) is 5.34. The predicted molar refractivity (Wildman–Crippen MR) is 87.2 cm³/mol. The molecule has 0 aromatic carbocycles. The Labute approximate surface area is 139 Å². The van der Waals surface area contributed by atoms with Gasteiger partial charge in [-0.2, -0.15) is 0 Å². The maximum Gasteiger partial charge on any atom is 0.397 e. The summed E-state index contributed by atoms with van der Waals surface area (Å²) in [7, 11) is 0. The number of ether oxygens (including phenoxy) is 1. The first-order chi connectivity index (χ1) is 11.1. The van der Waals surface area contributed by atoms with Crippen molar-refractivity contribution in [2.24, 2.45) is 17.8 Å². The van der Waals surface area contributed by atoms with Crippen LogP contribution in [0.5, 0.6) is 0 Å². The Hall–Kier alpha value is -1.43. The third kappa shape index (κ3) is 2.67. The molecule has 0 atom stereocenters.